The minimum atomic E-state index is -0.586. The molecule has 0 radical (unpaired) electrons. The Labute approximate surface area is 156 Å². The second kappa shape index (κ2) is 8.23. The molecule has 1 aromatic heterocycles. The molecule has 0 unspecified atom stereocenters. The van der Waals surface area contributed by atoms with Gasteiger partial charge in [-0.05, 0) is 43.3 Å². The Morgan fingerprint density at radius 3 is 2.30 bits per heavy atom. The molecular weight excluding hydrogens is 345 g/mol. The van der Waals surface area contributed by atoms with Crippen molar-refractivity contribution in [3.8, 4) is 0 Å². The zero-order valence-electron chi connectivity index (χ0n) is 14.7. The lowest BCUT2D eigenvalue weighted by atomic mass is 10.2. The molecule has 1 heterocycles. The highest BCUT2D eigenvalue weighted by Gasteiger charge is 2.19. The van der Waals surface area contributed by atoms with Crippen LogP contribution in [-0.2, 0) is 0 Å². The van der Waals surface area contributed by atoms with Gasteiger partial charge in [0.15, 0.2) is 0 Å². The molecule has 0 aliphatic heterocycles. The number of hydrogen-bond donors (Lipinski definition) is 1. The summed E-state index contributed by atoms with van der Waals surface area (Å²) in [4.78, 5) is 31.0. The predicted octanol–water partition coefficient (Wildman–Crippen LogP) is 4.14. The molecule has 5 nitrogen and oxygen atoms in total. The van der Waals surface area contributed by atoms with Crippen LogP contribution in [0, 0.1) is 5.82 Å². The molecule has 0 aliphatic rings. The fourth-order valence-corrected chi connectivity index (χ4v) is 2.62. The standard InChI is InChI=1S/C21H18FN3O2/c1-2-25(15-9-4-3-5-10-15)21(27)19-14-8-13-18(23-19)20(26)24-17-12-7-6-11-16(17)22/h3-14H,2H2,1H3,(H,24,26). The molecule has 3 aromatic rings. The first-order chi connectivity index (χ1) is 13.1. The Balaban J connectivity index is 1.83. The number of carbonyl (C=O) groups excluding carboxylic acids is 2. The number of benzene rings is 2. The number of pyridine rings is 1. The number of halogens is 1. The molecule has 0 aliphatic carbocycles. The van der Waals surface area contributed by atoms with Gasteiger partial charge in [0.1, 0.15) is 17.2 Å². The highest BCUT2D eigenvalue weighted by atomic mass is 19.1. The monoisotopic (exact) mass is 363 g/mol. The average molecular weight is 363 g/mol. The van der Waals surface area contributed by atoms with E-state index in [1.807, 2.05) is 37.3 Å². The summed E-state index contributed by atoms with van der Waals surface area (Å²) in [6.07, 6.45) is 0. The summed E-state index contributed by atoms with van der Waals surface area (Å²) < 4.78 is 13.7. The Morgan fingerprint density at radius 1 is 0.926 bits per heavy atom. The molecule has 0 fully saturated rings. The van der Waals surface area contributed by atoms with E-state index in [0.29, 0.717) is 6.54 Å². The number of carbonyl (C=O) groups is 2. The van der Waals surface area contributed by atoms with Crippen LogP contribution in [0.25, 0.3) is 0 Å². The number of amides is 2. The molecule has 0 spiro atoms. The quantitative estimate of drug-likeness (QED) is 0.741. The van der Waals surface area contributed by atoms with Crippen LogP contribution < -0.4 is 10.2 Å². The number of nitrogens with zero attached hydrogens (tertiary/aromatic N) is 2. The van der Waals surface area contributed by atoms with E-state index in [4.69, 9.17) is 0 Å². The van der Waals surface area contributed by atoms with Gasteiger partial charge >= 0.3 is 0 Å². The number of aromatic nitrogens is 1. The van der Waals surface area contributed by atoms with Gasteiger partial charge in [0, 0.05) is 12.2 Å². The summed E-state index contributed by atoms with van der Waals surface area (Å²) in [7, 11) is 0. The second-order valence-corrected chi connectivity index (χ2v) is 5.73. The van der Waals surface area contributed by atoms with Gasteiger partial charge < -0.3 is 10.2 Å². The fraction of sp³-hybridized carbons (Fsp3) is 0.0952. The highest BCUT2D eigenvalue weighted by Crippen LogP contribution is 2.17. The van der Waals surface area contributed by atoms with Crippen molar-refractivity contribution in [1.29, 1.82) is 0 Å². The van der Waals surface area contributed by atoms with Crippen LogP contribution in [0.2, 0.25) is 0 Å². The van der Waals surface area contributed by atoms with Crippen LogP contribution in [0.4, 0.5) is 15.8 Å². The third-order valence-electron chi connectivity index (χ3n) is 3.95. The van der Waals surface area contributed by atoms with Crippen molar-refractivity contribution >= 4 is 23.2 Å². The molecule has 136 valence electrons. The molecule has 27 heavy (non-hydrogen) atoms. The van der Waals surface area contributed by atoms with E-state index in [-0.39, 0.29) is 23.0 Å². The lowest BCUT2D eigenvalue weighted by Crippen LogP contribution is -2.31. The van der Waals surface area contributed by atoms with Gasteiger partial charge in [-0.2, -0.15) is 0 Å². The summed E-state index contributed by atoms with van der Waals surface area (Å²) in [6.45, 7) is 2.32. The number of anilines is 2. The third-order valence-corrected chi connectivity index (χ3v) is 3.95. The lowest BCUT2D eigenvalue weighted by molar-refractivity contribution is 0.0983. The zero-order chi connectivity index (χ0) is 19.2. The van der Waals surface area contributed by atoms with Gasteiger partial charge in [0.25, 0.3) is 11.8 Å². The summed E-state index contributed by atoms with van der Waals surface area (Å²) >= 11 is 0. The first-order valence-corrected chi connectivity index (χ1v) is 8.50. The maximum absolute atomic E-state index is 13.7. The van der Waals surface area contributed by atoms with Gasteiger partial charge in [0.2, 0.25) is 0 Å². The largest absolute Gasteiger partial charge is 0.318 e. The Morgan fingerprint density at radius 2 is 1.59 bits per heavy atom. The first-order valence-electron chi connectivity index (χ1n) is 8.50. The number of nitrogens with one attached hydrogen (secondary N) is 1. The van der Waals surface area contributed by atoms with Gasteiger partial charge in [-0.15, -0.1) is 0 Å². The lowest BCUT2D eigenvalue weighted by Gasteiger charge is -2.20. The van der Waals surface area contributed by atoms with Crippen molar-refractivity contribution in [1.82, 2.24) is 4.98 Å². The van der Waals surface area contributed by atoms with E-state index in [9.17, 15) is 14.0 Å². The zero-order valence-corrected chi connectivity index (χ0v) is 14.7. The Bertz CT molecular complexity index is 960. The molecule has 0 saturated heterocycles. The molecule has 0 atom stereocenters. The number of rotatable bonds is 5. The predicted molar refractivity (Wildman–Crippen MR) is 102 cm³/mol. The van der Waals surface area contributed by atoms with Crippen molar-refractivity contribution in [2.75, 3.05) is 16.8 Å². The van der Waals surface area contributed by atoms with Gasteiger partial charge in [0.05, 0.1) is 5.69 Å². The van der Waals surface area contributed by atoms with Crippen molar-refractivity contribution in [2.24, 2.45) is 0 Å². The van der Waals surface area contributed by atoms with Crippen LogP contribution in [0.15, 0.2) is 72.8 Å². The van der Waals surface area contributed by atoms with E-state index >= 15 is 0 Å². The minimum absolute atomic E-state index is 0.0354. The Hall–Kier alpha value is -3.54. The maximum Gasteiger partial charge on any atom is 0.276 e. The number of hydrogen-bond acceptors (Lipinski definition) is 3. The van der Waals surface area contributed by atoms with Crippen LogP contribution >= 0.6 is 0 Å². The summed E-state index contributed by atoms with van der Waals surface area (Å²) in [5.74, 6) is -1.44. The molecule has 0 bridgehead atoms. The molecule has 6 heteroatoms. The first kappa shape index (κ1) is 18.3. The van der Waals surface area contributed by atoms with Gasteiger partial charge in [-0.25, -0.2) is 9.37 Å². The van der Waals surface area contributed by atoms with Crippen LogP contribution in [0.1, 0.15) is 27.9 Å². The topological polar surface area (TPSA) is 62.3 Å². The van der Waals surface area contributed by atoms with E-state index in [1.165, 1.54) is 24.3 Å². The molecule has 0 saturated carbocycles. The molecule has 1 N–H and O–H groups in total. The van der Waals surface area contributed by atoms with Crippen LogP contribution in [0.3, 0.4) is 0 Å². The second-order valence-electron chi connectivity index (χ2n) is 5.73. The van der Waals surface area contributed by atoms with Crippen molar-refractivity contribution in [3.05, 3.63) is 90.0 Å². The summed E-state index contributed by atoms with van der Waals surface area (Å²) in [5.41, 5.74) is 0.976. The van der Waals surface area contributed by atoms with E-state index in [0.717, 1.165) is 5.69 Å². The third kappa shape index (κ3) is 4.17. The summed E-state index contributed by atoms with van der Waals surface area (Å²) in [6, 6.07) is 19.7. The fourth-order valence-electron chi connectivity index (χ4n) is 2.62. The molecule has 2 amide bonds. The van der Waals surface area contributed by atoms with E-state index < -0.39 is 11.7 Å². The van der Waals surface area contributed by atoms with Crippen LogP contribution in [0.5, 0.6) is 0 Å². The molecule has 3 rings (SSSR count). The maximum atomic E-state index is 13.7. The van der Waals surface area contributed by atoms with Gasteiger partial charge in [-0.3, -0.25) is 9.59 Å². The van der Waals surface area contributed by atoms with E-state index in [1.54, 1.807) is 23.1 Å². The van der Waals surface area contributed by atoms with Crippen molar-refractivity contribution in [3.63, 3.8) is 0 Å². The summed E-state index contributed by atoms with van der Waals surface area (Å²) in [5, 5.41) is 2.47. The molecular formula is C21H18FN3O2. The van der Waals surface area contributed by atoms with Crippen LogP contribution in [-0.4, -0.2) is 23.3 Å². The van der Waals surface area contributed by atoms with Gasteiger partial charge in [-0.1, -0.05) is 36.4 Å². The Kier molecular flexibility index (Phi) is 5.56. The normalized spacial score (nSPS) is 10.3. The average Bonchev–Trinajstić information content (AvgIpc) is 2.71. The minimum Gasteiger partial charge on any atom is -0.318 e. The van der Waals surface area contributed by atoms with E-state index in [2.05, 4.69) is 10.3 Å². The SMILES string of the molecule is CCN(C(=O)c1cccc(C(=O)Nc2ccccc2F)n1)c1ccccc1. The van der Waals surface area contributed by atoms with Crippen molar-refractivity contribution < 1.29 is 14.0 Å². The smallest absolute Gasteiger partial charge is 0.276 e. The molecule has 2 aromatic carbocycles. The highest BCUT2D eigenvalue weighted by molar-refractivity contribution is 6.07. The number of para-hydroxylation sites is 2. The van der Waals surface area contributed by atoms with Crippen molar-refractivity contribution in [2.45, 2.75) is 6.92 Å².